The molecule has 0 spiro atoms. The Hall–Kier alpha value is -2.04. The number of carbonyl (C=O) groups is 1. The Balaban J connectivity index is 2.73. The van der Waals surface area contributed by atoms with Crippen molar-refractivity contribution in [1.29, 1.82) is 0 Å². The van der Waals surface area contributed by atoms with E-state index in [1.807, 2.05) is 0 Å². The van der Waals surface area contributed by atoms with Crippen LogP contribution >= 0.6 is 0 Å². The molecule has 0 fully saturated rings. The molecule has 0 aromatic heterocycles. The summed E-state index contributed by atoms with van der Waals surface area (Å²) in [4.78, 5) is 10.8. The summed E-state index contributed by atoms with van der Waals surface area (Å²) in [5, 5.41) is 2.78. The lowest BCUT2D eigenvalue weighted by Crippen LogP contribution is -1.98. The number of benzene rings is 1. The van der Waals surface area contributed by atoms with Crippen molar-refractivity contribution < 1.29 is 18.7 Å². The Labute approximate surface area is 92.7 Å². The van der Waals surface area contributed by atoms with Gasteiger partial charge < -0.3 is 14.8 Å². The Bertz CT molecular complexity index is 404. The van der Waals surface area contributed by atoms with Gasteiger partial charge in [-0.05, 0) is 12.1 Å². The van der Waals surface area contributed by atoms with Crippen molar-refractivity contribution in [1.82, 2.24) is 0 Å². The second-order valence-corrected chi connectivity index (χ2v) is 2.85. The van der Waals surface area contributed by atoms with Crippen LogP contribution in [0.4, 0.5) is 10.1 Å². The topological polar surface area (TPSA) is 47.6 Å². The summed E-state index contributed by atoms with van der Waals surface area (Å²) >= 11 is 0. The molecule has 0 bridgehead atoms. The second-order valence-electron chi connectivity index (χ2n) is 2.85. The molecule has 16 heavy (non-hydrogen) atoms. The average molecular weight is 225 g/mol. The SMILES string of the molecule is COC(=O)/C=C/Nc1ccc(F)cc1OC. The molecule has 4 nitrogen and oxygen atoms in total. The van der Waals surface area contributed by atoms with Crippen LogP contribution in [0, 0.1) is 5.82 Å². The minimum Gasteiger partial charge on any atom is -0.494 e. The lowest BCUT2D eigenvalue weighted by molar-refractivity contribution is -0.134. The smallest absolute Gasteiger partial charge is 0.331 e. The van der Waals surface area contributed by atoms with E-state index in [0.29, 0.717) is 11.4 Å². The molecule has 0 atom stereocenters. The minimum absolute atomic E-state index is 0.356. The first-order valence-corrected chi connectivity index (χ1v) is 4.52. The number of anilines is 1. The van der Waals surface area contributed by atoms with E-state index in [2.05, 4.69) is 10.1 Å². The number of carbonyl (C=O) groups excluding carboxylic acids is 1. The van der Waals surface area contributed by atoms with Gasteiger partial charge in [-0.15, -0.1) is 0 Å². The Morgan fingerprint density at radius 1 is 1.44 bits per heavy atom. The van der Waals surface area contributed by atoms with Gasteiger partial charge >= 0.3 is 5.97 Å². The molecule has 86 valence electrons. The van der Waals surface area contributed by atoms with Gasteiger partial charge in [-0.3, -0.25) is 0 Å². The molecule has 0 aliphatic heterocycles. The monoisotopic (exact) mass is 225 g/mol. The van der Waals surface area contributed by atoms with E-state index in [0.717, 1.165) is 0 Å². The van der Waals surface area contributed by atoms with E-state index in [-0.39, 0.29) is 5.82 Å². The van der Waals surface area contributed by atoms with Crippen molar-refractivity contribution in [2.24, 2.45) is 0 Å². The Kier molecular flexibility index (Phi) is 4.32. The van der Waals surface area contributed by atoms with Crippen LogP contribution in [0.1, 0.15) is 0 Å². The van der Waals surface area contributed by atoms with E-state index >= 15 is 0 Å². The predicted octanol–water partition coefficient (Wildman–Crippen LogP) is 1.93. The molecule has 1 N–H and O–H groups in total. The first-order valence-electron chi connectivity index (χ1n) is 4.52. The van der Waals surface area contributed by atoms with Crippen LogP contribution in [0.2, 0.25) is 0 Å². The molecule has 0 unspecified atom stereocenters. The highest BCUT2D eigenvalue weighted by molar-refractivity contribution is 5.82. The summed E-state index contributed by atoms with van der Waals surface area (Å²) in [5.74, 6) is -0.512. The van der Waals surface area contributed by atoms with Crippen LogP contribution < -0.4 is 10.1 Å². The fraction of sp³-hybridized carbons (Fsp3) is 0.182. The number of esters is 1. The number of rotatable bonds is 4. The van der Waals surface area contributed by atoms with Gasteiger partial charge in [-0.1, -0.05) is 0 Å². The van der Waals surface area contributed by atoms with Crippen molar-refractivity contribution in [3.63, 3.8) is 0 Å². The van der Waals surface area contributed by atoms with Crippen LogP contribution in [0.15, 0.2) is 30.5 Å². The van der Waals surface area contributed by atoms with Crippen molar-refractivity contribution in [2.75, 3.05) is 19.5 Å². The molecular weight excluding hydrogens is 213 g/mol. The van der Waals surface area contributed by atoms with E-state index < -0.39 is 5.97 Å². The fourth-order valence-corrected chi connectivity index (χ4v) is 1.05. The maximum atomic E-state index is 12.8. The molecule has 0 amide bonds. The van der Waals surface area contributed by atoms with Gasteiger partial charge in [0.25, 0.3) is 0 Å². The number of methoxy groups -OCH3 is 2. The molecule has 0 aliphatic carbocycles. The van der Waals surface area contributed by atoms with Gasteiger partial charge in [-0.25, -0.2) is 9.18 Å². The van der Waals surface area contributed by atoms with E-state index in [1.165, 1.54) is 44.7 Å². The first kappa shape index (κ1) is 12.0. The van der Waals surface area contributed by atoms with Gasteiger partial charge in [0.15, 0.2) is 0 Å². The minimum atomic E-state index is -0.478. The molecule has 5 heteroatoms. The van der Waals surface area contributed by atoms with Crippen molar-refractivity contribution in [3.05, 3.63) is 36.3 Å². The van der Waals surface area contributed by atoms with Gasteiger partial charge in [0.2, 0.25) is 0 Å². The zero-order chi connectivity index (χ0) is 12.0. The highest BCUT2D eigenvalue weighted by atomic mass is 19.1. The normalized spacial score (nSPS) is 10.2. The molecule has 0 radical (unpaired) electrons. The highest BCUT2D eigenvalue weighted by Gasteiger charge is 2.02. The lowest BCUT2D eigenvalue weighted by atomic mass is 10.3. The molecule has 1 rings (SSSR count). The van der Waals surface area contributed by atoms with Crippen molar-refractivity contribution in [3.8, 4) is 5.75 Å². The van der Waals surface area contributed by atoms with E-state index in [9.17, 15) is 9.18 Å². The summed E-state index contributed by atoms with van der Waals surface area (Å²) in [6.07, 6.45) is 2.60. The maximum absolute atomic E-state index is 12.8. The zero-order valence-electron chi connectivity index (χ0n) is 8.99. The number of hydrogen-bond donors (Lipinski definition) is 1. The highest BCUT2D eigenvalue weighted by Crippen LogP contribution is 2.24. The van der Waals surface area contributed by atoms with Crippen LogP contribution in [0.5, 0.6) is 5.75 Å². The van der Waals surface area contributed by atoms with Gasteiger partial charge in [0.05, 0.1) is 19.9 Å². The summed E-state index contributed by atoms with van der Waals surface area (Å²) < 4.78 is 22.2. The third kappa shape index (κ3) is 3.27. The number of halogens is 1. The van der Waals surface area contributed by atoms with Gasteiger partial charge in [-0.2, -0.15) is 0 Å². The first-order chi connectivity index (χ1) is 7.67. The largest absolute Gasteiger partial charge is 0.494 e. The maximum Gasteiger partial charge on any atom is 0.331 e. The molecular formula is C11H12FNO3. The molecule has 0 saturated carbocycles. The second kappa shape index (κ2) is 5.75. The third-order valence-electron chi connectivity index (χ3n) is 1.82. The van der Waals surface area contributed by atoms with Crippen LogP contribution in [-0.2, 0) is 9.53 Å². The number of ether oxygens (including phenoxy) is 2. The standard InChI is InChI=1S/C11H12FNO3/c1-15-10-7-8(12)3-4-9(10)13-6-5-11(14)16-2/h3-7,13H,1-2H3/b6-5+. The van der Waals surface area contributed by atoms with Crippen LogP contribution in [-0.4, -0.2) is 20.2 Å². The van der Waals surface area contributed by atoms with Gasteiger partial charge in [0, 0.05) is 18.3 Å². The van der Waals surface area contributed by atoms with Crippen molar-refractivity contribution in [2.45, 2.75) is 0 Å². The quantitative estimate of drug-likeness (QED) is 0.628. The molecule has 1 aromatic rings. The average Bonchev–Trinajstić information content (AvgIpc) is 2.30. The zero-order valence-corrected chi connectivity index (χ0v) is 8.99. The molecule has 1 aromatic carbocycles. The van der Waals surface area contributed by atoms with Crippen LogP contribution in [0.25, 0.3) is 0 Å². The van der Waals surface area contributed by atoms with E-state index in [4.69, 9.17) is 4.74 Å². The summed E-state index contributed by atoms with van der Waals surface area (Å²) in [6, 6.07) is 4.04. The molecule has 0 saturated heterocycles. The fourth-order valence-electron chi connectivity index (χ4n) is 1.05. The lowest BCUT2D eigenvalue weighted by Gasteiger charge is -2.07. The predicted molar refractivity (Wildman–Crippen MR) is 57.7 cm³/mol. The van der Waals surface area contributed by atoms with Gasteiger partial charge in [0.1, 0.15) is 11.6 Å². The summed E-state index contributed by atoms with van der Waals surface area (Å²) in [6.45, 7) is 0. The number of hydrogen-bond acceptors (Lipinski definition) is 4. The summed E-state index contributed by atoms with van der Waals surface area (Å²) in [7, 11) is 2.72. The van der Waals surface area contributed by atoms with Crippen molar-refractivity contribution >= 4 is 11.7 Å². The number of nitrogens with one attached hydrogen (secondary N) is 1. The molecule has 0 aliphatic rings. The third-order valence-corrected chi connectivity index (χ3v) is 1.82. The molecule has 0 heterocycles. The Morgan fingerprint density at radius 2 is 2.19 bits per heavy atom. The van der Waals surface area contributed by atoms with Crippen LogP contribution in [0.3, 0.4) is 0 Å². The Morgan fingerprint density at radius 3 is 2.81 bits per heavy atom. The summed E-state index contributed by atoms with van der Waals surface area (Å²) in [5.41, 5.74) is 0.559. The van der Waals surface area contributed by atoms with E-state index in [1.54, 1.807) is 0 Å².